The molecule has 0 saturated heterocycles. The zero-order valence-electron chi connectivity index (χ0n) is 73.6. The first-order chi connectivity index (χ1) is 57.2. The Morgan fingerprint density at radius 1 is 0.248 bits per heavy atom. The van der Waals surface area contributed by atoms with Crippen LogP contribution in [-0.4, -0.2) is 95.9 Å². The minimum Gasteiger partial charge on any atom is -0.463 e. The van der Waals surface area contributed by atoms with E-state index in [9.17, 15) is 43.5 Å². The van der Waals surface area contributed by atoms with Gasteiger partial charge in [-0.2, -0.15) is 0 Å². The molecule has 18 heteroatoms. The molecule has 0 aromatic heterocycles. The molecule has 0 spiro atoms. The van der Waals surface area contributed by atoms with Crippen LogP contribution in [-0.2, 0) is 55.8 Å². The molecule has 668 valence electrons. The molecule has 0 aliphatic rings. The number of ether oxygens (including phenoxy) is 3. The number of carbonyl (C=O) groups is 3. The molecule has 4 N–H and O–H groups in total. The number of unbranched alkanes of at least 4 members (excludes halogenated alkanes) is 33. The summed E-state index contributed by atoms with van der Waals surface area (Å²) in [7, 11) is -9.82. The molecule has 0 saturated carbocycles. The maximum absolute atomic E-state index is 13.1. The van der Waals surface area contributed by atoms with E-state index in [1.165, 1.54) is 122 Å². The maximum Gasteiger partial charge on any atom is 0.472 e. The Balaban J connectivity index is 4.68. The van der Waals surface area contributed by atoms with Crippen LogP contribution in [0.2, 0.25) is 0 Å². The molecule has 5 atom stereocenters. The second kappa shape index (κ2) is 89.9. The van der Waals surface area contributed by atoms with Gasteiger partial charge in [0.25, 0.3) is 0 Å². The Bertz CT molecular complexity index is 2860. The molecule has 0 aromatic rings. The van der Waals surface area contributed by atoms with Crippen molar-refractivity contribution in [2.45, 2.75) is 386 Å². The molecule has 0 heterocycles. The Labute approximate surface area is 713 Å². The zero-order chi connectivity index (χ0) is 85.1. The van der Waals surface area contributed by atoms with E-state index in [1.807, 2.05) is 0 Å². The highest BCUT2D eigenvalue weighted by molar-refractivity contribution is 7.47. The standard InChI is InChI=1S/C99H166O16P2/c1-4-7-10-13-16-19-22-25-28-31-34-37-40-43-45-46-48-51-52-55-58-61-64-67-70-73-76-79-82-85-97(102)109-88-94(100)89-111-116(105,106)112-90-95(101)91-113-117(107,108)114-93-96(115-99(104)87-84-81-78-75-72-69-66-63-60-57-54-49-42-39-36-33-30-27-24-21-18-15-12-9-6-3)92-110-98(103)86-83-80-77-74-71-68-65-62-59-56-53-50-47-44-41-38-35-32-29-26-23-20-17-14-11-8-5-2/h7,9-10,12,16-21,25-30,34-39,43-45,47,49,54,60,63,94-96,100-101H,4-6,8,11,13-15,22-24,31-33,40-42,46,48,50-53,55-59,61-62,64-93H2,1-3H3,(H,105,106)(H,107,108)/b10-7-,12-9-,19-16-,20-17-,21-18-,28-25-,29-26-,30-27-,37-34-,38-35-,39-36-,45-43-,47-44-,54-49-,63-60-. The van der Waals surface area contributed by atoms with Gasteiger partial charge < -0.3 is 34.2 Å². The third-order valence-corrected chi connectivity index (χ3v) is 21.0. The first-order valence-corrected chi connectivity index (χ1v) is 49.1. The lowest BCUT2D eigenvalue weighted by Crippen LogP contribution is -2.30. The zero-order valence-corrected chi connectivity index (χ0v) is 75.4. The van der Waals surface area contributed by atoms with Crippen LogP contribution in [0.3, 0.4) is 0 Å². The lowest BCUT2D eigenvalue weighted by molar-refractivity contribution is -0.161. The van der Waals surface area contributed by atoms with Gasteiger partial charge in [-0.3, -0.25) is 32.5 Å². The van der Waals surface area contributed by atoms with E-state index in [-0.39, 0.29) is 19.3 Å². The average Bonchev–Trinajstić information content (AvgIpc) is 0.907. The lowest BCUT2D eigenvalue weighted by Gasteiger charge is -2.21. The molecule has 0 aromatic carbocycles. The van der Waals surface area contributed by atoms with Crippen molar-refractivity contribution in [2.75, 3.05) is 39.6 Å². The summed E-state index contributed by atoms with van der Waals surface area (Å²) in [6, 6.07) is 0. The number of carbonyl (C=O) groups excluding carboxylic acids is 3. The summed E-state index contributed by atoms with van der Waals surface area (Å²) in [5.74, 6) is -1.59. The quantitative estimate of drug-likeness (QED) is 0.0146. The van der Waals surface area contributed by atoms with Crippen molar-refractivity contribution in [1.29, 1.82) is 0 Å². The third kappa shape index (κ3) is 91.2. The maximum atomic E-state index is 13.1. The Morgan fingerprint density at radius 2 is 0.453 bits per heavy atom. The fraction of sp³-hybridized carbons (Fsp3) is 0.667. The molecule has 0 aliphatic carbocycles. The highest BCUT2D eigenvalue weighted by Gasteiger charge is 2.29. The van der Waals surface area contributed by atoms with Gasteiger partial charge in [-0.25, -0.2) is 9.13 Å². The topological polar surface area (TPSA) is 231 Å². The normalized spacial score (nSPS) is 14.6. The van der Waals surface area contributed by atoms with Crippen molar-refractivity contribution in [3.8, 4) is 0 Å². The fourth-order valence-corrected chi connectivity index (χ4v) is 13.8. The second-order valence-electron chi connectivity index (χ2n) is 30.3. The lowest BCUT2D eigenvalue weighted by atomic mass is 10.0. The van der Waals surface area contributed by atoms with Crippen LogP contribution >= 0.6 is 15.6 Å². The molecule has 117 heavy (non-hydrogen) atoms. The van der Waals surface area contributed by atoms with E-state index in [0.717, 1.165) is 186 Å². The number of aliphatic hydroxyl groups is 2. The largest absolute Gasteiger partial charge is 0.472 e. The predicted molar refractivity (Wildman–Crippen MR) is 491 cm³/mol. The van der Waals surface area contributed by atoms with Gasteiger partial charge in [0.2, 0.25) is 0 Å². The number of allylic oxidation sites excluding steroid dienone is 30. The first-order valence-electron chi connectivity index (χ1n) is 46.1. The Kier molecular flexibility index (Phi) is 85.8. The minimum absolute atomic E-state index is 0.0808. The van der Waals surface area contributed by atoms with Gasteiger partial charge in [0, 0.05) is 19.3 Å². The van der Waals surface area contributed by atoms with Gasteiger partial charge in [0.1, 0.15) is 25.4 Å². The SMILES string of the molecule is CC/C=C\C/C=C\C/C=C\C/C=C\C/C=C\C/C=C\CCCCCCCCC(=O)OC(COC(=O)CCCCCCCCCCCCC/C=C\C/C=C\C/C=C\C/C=C\CCCCC)COP(=O)(O)OCC(O)COP(=O)(O)OCC(O)COC(=O)CCCCCCCCCCCCCCC/C=C\C/C=C\C/C=C\C/C=C\C/C=C\CC. The van der Waals surface area contributed by atoms with Crippen LogP contribution < -0.4 is 0 Å². The second-order valence-corrected chi connectivity index (χ2v) is 33.2. The van der Waals surface area contributed by atoms with Gasteiger partial charge in [-0.15, -0.1) is 0 Å². The van der Waals surface area contributed by atoms with Gasteiger partial charge in [0.05, 0.1) is 26.4 Å². The van der Waals surface area contributed by atoms with Gasteiger partial charge >= 0.3 is 33.6 Å². The molecule has 0 amide bonds. The molecular formula is C99H166O16P2. The van der Waals surface area contributed by atoms with Crippen LogP contribution in [0.15, 0.2) is 182 Å². The summed E-state index contributed by atoms with van der Waals surface area (Å²) in [5.41, 5.74) is 0. The summed E-state index contributed by atoms with van der Waals surface area (Å²) in [6.07, 6.45) is 118. The van der Waals surface area contributed by atoms with Gasteiger partial charge in [-0.1, -0.05) is 370 Å². The van der Waals surface area contributed by atoms with Crippen LogP contribution in [0.25, 0.3) is 0 Å². The summed E-state index contributed by atoms with van der Waals surface area (Å²) >= 11 is 0. The number of aliphatic hydroxyl groups excluding tert-OH is 2. The van der Waals surface area contributed by atoms with Crippen molar-refractivity contribution in [3.63, 3.8) is 0 Å². The molecule has 0 rings (SSSR count). The molecular weight excluding hydrogens is 1510 g/mol. The van der Waals surface area contributed by atoms with E-state index < -0.39 is 91.5 Å². The van der Waals surface area contributed by atoms with Gasteiger partial charge in [0.15, 0.2) is 6.10 Å². The Morgan fingerprint density at radius 3 is 0.718 bits per heavy atom. The van der Waals surface area contributed by atoms with Gasteiger partial charge in [-0.05, 0) is 161 Å². The molecule has 0 fully saturated rings. The van der Waals surface area contributed by atoms with E-state index in [2.05, 4.69) is 203 Å². The summed E-state index contributed by atoms with van der Waals surface area (Å²) in [4.78, 5) is 59.0. The van der Waals surface area contributed by atoms with Crippen LogP contribution in [0.1, 0.15) is 367 Å². The van der Waals surface area contributed by atoms with Crippen molar-refractivity contribution >= 4 is 33.6 Å². The monoisotopic (exact) mass is 1670 g/mol. The van der Waals surface area contributed by atoms with Crippen LogP contribution in [0.5, 0.6) is 0 Å². The Hall–Kier alpha value is -5.35. The van der Waals surface area contributed by atoms with E-state index >= 15 is 0 Å². The number of hydrogen-bond donors (Lipinski definition) is 4. The van der Waals surface area contributed by atoms with Crippen LogP contribution in [0, 0.1) is 0 Å². The average molecular weight is 1670 g/mol. The fourth-order valence-electron chi connectivity index (χ4n) is 12.2. The number of phosphoric ester groups is 2. The van der Waals surface area contributed by atoms with Crippen molar-refractivity contribution in [3.05, 3.63) is 182 Å². The van der Waals surface area contributed by atoms with E-state index in [4.69, 9.17) is 32.3 Å². The van der Waals surface area contributed by atoms with Crippen LogP contribution in [0.4, 0.5) is 0 Å². The summed E-state index contributed by atoms with van der Waals surface area (Å²) in [5, 5.41) is 20.7. The number of esters is 3. The highest BCUT2D eigenvalue weighted by Crippen LogP contribution is 2.45. The summed E-state index contributed by atoms with van der Waals surface area (Å²) < 4.78 is 61.5. The van der Waals surface area contributed by atoms with E-state index in [1.54, 1.807) is 0 Å². The first kappa shape index (κ1) is 112. The predicted octanol–water partition coefficient (Wildman–Crippen LogP) is 28.4. The van der Waals surface area contributed by atoms with E-state index in [0.29, 0.717) is 19.3 Å². The third-order valence-electron chi connectivity index (χ3n) is 19.1. The number of phosphoric acid groups is 2. The number of rotatable bonds is 86. The number of hydrogen-bond acceptors (Lipinski definition) is 14. The van der Waals surface area contributed by atoms with Crippen molar-refractivity contribution in [1.82, 2.24) is 0 Å². The molecule has 0 aliphatic heterocycles. The van der Waals surface area contributed by atoms with Crippen molar-refractivity contribution in [2.24, 2.45) is 0 Å². The van der Waals surface area contributed by atoms with Crippen molar-refractivity contribution < 1.29 is 75.8 Å². The highest BCUT2D eigenvalue weighted by atomic mass is 31.2. The summed E-state index contributed by atoms with van der Waals surface area (Å²) in [6.45, 7) is 2.44. The molecule has 0 radical (unpaired) electrons. The smallest absolute Gasteiger partial charge is 0.463 e. The minimum atomic E-state index is -4.95. The molecule has 16 nitrogen and oxygen atoms in total. The molecule has 5 unspecified atom stereocenters. The molecule has 0 bridgehead atoms.